The summed E-state index contributed by atoms with van der Waals surface area (Å²) in [6.45, 7) is 15.6. The zero-order chi connectivity index (χ0) is 34.1. The van der Waals surface area contributed by atoms with Gasteiger partial charge in [-0.1, -0.05) is 55.8 Å². The standard InChI is InChI=1S/C45H41N4.Pt/c1-30-14-12-15-31(2)43(30)32-24-25-46-42(26-32)49-38-19-9-8-18-36(38)37-23-22-34(28-41(37)49)45(6,7)33-16-13-17-35(27-33)47-29-48(44(3,4)5)40-21-11-10-20-39(40)47;/h8-26,29H,1-7H3;/q-1;. The van der Waals surface area contributed by atoms with Gasteiger partial charge in [0, 0.05) is 50.6 Å². The molecule has 0 N–H and O–H groups in total. The second-order valence-electron chi connectivity index (χ2n) is 14.7. The SMILES string of the molecule is Cc1cccc(C)c1-c1ccnc(-n2c3[c-]c(C(C)(C)c4[c-]c(-n5[cH+]n(C(C)(C)C)c6ccccc65)ccc4)ccc3c3ccccc32)c1.[Pt]. The Morgan fingerprint density at radius 3 is 2.04 bits per heavy atom. The minimum atomic E-state index is -0.373. The maximum atomic E-state index is 4.94. The number of aryl methyl sites for hydroxylation is 2. The number of benzene rings is 5. The average molecular weight is 833 g/mol. The molecule has 252 valence electrons. The minimum absolute atomic E-state index is 0. The summed E-state index contributed by atoms with van der Waals surface area (Å²) in [6, 6.07) is 46.7. The van der Waals surface area contributed by atoms with E-state index in [1.165, 1.54) is 33.2 Å². The third kappa shape index (κ3) is 5.51. The Balaban J connectivity index is 0.00000392. The van der Waals surface area contributed by atoms with E-state index in [2.05, 4.69) is 190 Å². The Hall–Kier alpha value is -4.79. The van der Waals surface area contributed by atoms with Crippen LogP contribution in [0.1, 0.15) is 56.9 Å². The van der Waals surface area contributed by atoms with Crippen LogP contribution in [0.4, 0.5) is 0 Å². The van der Waals surface area contributed by atoms with Gasteiger partial charge in [-0.25, -0.2) is 14.1 Å². The summed E-state index contributed by atoms with van der Waals surface area (Å²) in [5, 5.41) is 2.36. The van der Waals surface area contributed by atoms with Crippen molar-refractivity contribution in [3.63, 3.8) is 0 Å². The van der Waals surface area contributed by atoms with Crippen LogP contribution in [0, 0.1) is 26.0 Å². The van der Waals surface area contributed by atoms with Crippen molar-refractivity contribution in [1.29, 1.82) is 0 Å². The molecular formula is C45H41N4Pt-. The molecule has 3 heterocycles. The monoisotopic (exact) mass is 832 g/mol. The molecule has 0 saturated carbocycles. The van der Waals surface area contributed by atoms with Gasteiger partial charge in [-0.15, -0.1) is 23.1 Å². The van der Waals surface area contributed by atoms with E-state index < -0.39 is 0 Å². The Morgan fingerprint density at radius 2 is 1.30 bits per heavy atom. The van der Waals surface area contributed by atoms with Crippen LogP contribution in [-0.4, -0.2) is 18.7 Å². The van der Waals surface area contributed by atoms with E-state index in [0.717, 1.165) is 44.6 Å². The molecule has 50 heavy (non-hydrogen) atoms. The number of fused-ring (bicyclic) bond motifs is 4. The topological polar surface area (TPSA) is 27.7 Å². The number of aromatic nitrogens is 4. The minimum Gasteiger partial charge on any atom is -0.319 e. The third-order valence-corrected chi connectivity index (χ3v) is 10.1. The van der Waals surface area contributed by atoms with Crippen LogP contribution >= 0.6 is 0 Å². The predicted molar refractivity (Wildman–Crippen MR) is 204 cm³/mol. The predicted octanol–water partition coefficient (Wildman–Crippen LogP) is 11.2. The van der Waals surface area contributed by atoms with Gasteiger partial charge in [0.05, 0.1) is 5.54 Å². The zero-order valence-corrected chi connectivity index (χ0v) is 31.9. The first-order valence-corrected chi connectivity index (χ1v) is 17.1. The number of rotatable bonds is 5. The Kier molecular flexibility index (Phi) is 8.43. The fourth-order valence-corrected chi connectivity index (χ4v) is 7.41. The summed E-state index contributed by atoms with van der Waals surface area (Å²) >= 11 is 0. The maximum Gasteiger partial charge on any atom is 0.188 e. The number of hydrogen-bond acceptors (Lipinski definition) is 1. The van der Waals surface area contributed by atoms with Crippen LogP contribution in [0.5, 0.6) is 0 Å². The van der Waals surface area contributed by atoms with Crippen LogP contribution in [-0.2, 0) is 32.0 Å². The molecule has 8 aromatic rings. The second kappa shape index (κ2) is 12.5. The number of nitrogens with zero attached hydrogens (tertiary/aromatic N) is 4. The van der Waals surface area contributed by atoms with Crippen molar-refractivity contribution in [3.05, 3.63) is 156 Å². The van der Waals surface area contributed by atoms with Gasteiger partial charge in [-0.2, -0.15) is 35.9 Å². The number of hydrogen-bond donors (Lipinski definition) is 0. The van der Waals surface area contributed by atoms with Crippen molar-refractivity contribution in [3.8, 4) is 22.6 Å². The molecule has 0 aliphatic carbocycles. The molecule has 0 aliphatic heterocycles. The van der Waals surface area contributed by atoms with Gasteiger partial charge in [0.1, 0.15) is 5.82 Å². The van der Waals surface area contributed by atoms with Crippen LogP contribution in [0.2, 0.25) is 0 Å². The summed E-state index contributed by atoms with van der Waals surface area (Å²) < 4.78 is 6.89. The molecule has 0 unspecified atom stereocenters. The number of imidazole rings is 1. The fourth-order valence-electron chi connectivity index (χ4n) is 7.41. The van der Waals surface area contributed by atoms with Crippen molar-refractivity contribution in [2.45, 2.75) is 59.4 Å². The van der Waals surface area contributed by atoms with E-state index in [0.29, 0.717) is 0 Å². The zero-order valence-electron chi connectivity index (χ0n) is 29.7. The largest absolute Gasteiger partial charge is 0.319 e. The summed E-state index contributed by atoms with van der Waals surface area (Å²) in [6.07, 6.45) is 4.14. The molecule has 3 aromatic heterocycles. The molecule has 0 atom stereocenters. The Labute approximate surface area is 309 Å². The van der Waals surface area contributed by atoms with Crippen molar-refractivity contribution >= 4 is 32.8 Å². The van der Waals surface area contributed by atoms with Crippen molar-refractivity contribution in [1.82, 2.24) is 18.7 Å². The first-order valence-electron chi connectivity index (χ1n) is 17.1. The summed E-state index contributed by atoms with van der Waals surface area (Å²) in [5.74, 6) is 0.887. The first kappa shape index (κ1) is 33.7. The third-order valence-electron chi connectivity index (χ3n) is 10.1. The molecule has 5 aromatic carbocycles. The molecule has 0 fully saturated rings. The van der Waals surface area contributed by atoms with Gasteiger partial charge in [-0.3, -0.25) is 0 Å². The second-order valence-corrected chi connectivity index (χ2v) is 14.7. The summed E-state index contributed by atoms with van der Waals surface area (Å²) in [4.78, 5) is 4.94. The molecule has 0 radical (unpaired) electrons. The normalized spacial score (nSPS) is 12.1. The van der Waals surface area contributed by atoms with Crippen LogP contribution < -0.4 is 0 Å². The molecular weight excluding hydrogens is 792 g/mol. The molecule has 0 amide bonds. The first-order chi connectivity index (χ1) is 23.5. The molecule has 5 heteroatoms. The fraction of sp³-hybridized carbons (Fsp3) is 0.200. The van der Waals surface area contributed by atoms with Crippen molar-refractivity contribution in [2.24, 2.45) is 0 Å². The molecule has 0 bridgehead atoms. The summed E-state index contributed by atoms with van der Waals surface area (Å²) in [5.41, 5.74) is 12.3. The summed E-state index contributed by atoms with van der Waals surface area (Å²) in [7, 11) is 0. The van der Waals surface area contributed by atoms with Gasteiger partial charge in [0.15, 0.2) is 17.4 Å². The Morgan fingerprint density at radius 1 is 0.640 bits per heavy atom. The molecule has 4 nitrogen and oxygen atoms in total. The van der Waals surface area contributed by atoms with Gasteiger partial charge >= 0.3 is 0 Å². The van der Waals surface area contributed by atoms with Crippen molar-refractivity contribution in [2.75, 3.05) is 0 Å². The number of para-hydroxylation sites is 3. The van der Waals surface area contributed by atoms with E-state index in [9.17, 15) is 0 Å². The smallest absolute Gasteiger partial charge is 0.188 e. The number of pyridine rings is 1. The maximum absolute atomic E-state index is 4.94. The molecule has 0 aliphatic rings. The van der Waals surface area contributed by atoms with E-state index in [4.69, 9.17) is 4.98 Å². The van der Waals surface area contributed by atoms with Crippen LogP contribution in [0.3, 0.4) is 0 Å². The van der Waals surface area contributed by atoms with E-state index in [1.807, 2.05) is 6.20 Å². The quantitative estimate of drug-likeness (QED) is 0.159. The Bertz CT molecular complexity index is 2520. The van der Waals surface area contributed by atoms with Gasteiger partial charge < -0.3 is 4.57 Å². The van der Waals surface area contributed by atoms with Gasteiger partial charge in [0.25, 0.3) is 0 Å². The van der Waals surface area contributed by atoms with Crippen LogP contribution in [0.25, 0.3) is 55.5 Å². The molecule has 8 rings (SSSR count). The molecule has 0 saturated heterocycles. The van der Waals surface area contributed by atoms with Crippen molar-refractivity contribution < 1.29 is 21.1 Å². The van der Waals surface area contributed by atoms with E-state index in [1.54, 1.807) is 0 Å². The average Bonchev–Trinajstić information content (AvgIpc) is 3.65. The molecule has 0 spiro atoms. The van der Waals surface area contributed by atoms with E-state index >= 15 is 0 Å². The van der Waals surface area contributed by atoms with Gasteiger partial charge in [0.2, 0.25) is 0 Å². The van der Waals surface area contributed by atoms with Crippen LogP contribution in [0.15, 0.2) is 122 Å². The van der Waals surface area contributed by atoms with Gasteiger partial charge in [-0.05, 0) is 98.0 Å². The van der Waals surface area contributed by atoms with E-state index in [-0.39, 0.29) is 32.0 Å².